The predicted molar refractivity (Wildman–Crippen MR) is 138 cm³/mol. The molecule has 35 heavy (non-hydrogen) atoms. The highest BCUT2D eigenvalue weighted by atomic mass is 32.2. The Balaban J connectivity index is 1.44. The maximum Gasteiger partial charge on any atom is 0.322 e. The molecule has 1 heterocycles. The minimum atomic E-state index is -4.01. The van der Waals surface area contributed by atoms with E-state index in [9.17, 15) is 18.3 Å². The van der Waals surface area contributed by atoms with Crippen molar-refractivity contribution < 1.29 is 18.3 Å². The molecular weight excluding hydrogens is 460 g/mol. The largest absolute Gasteiger partial charge is 0.480 e. The van der Waals surface area contributed by atoms with Crippen molar-refractivity contribution in [2.24, 2.45) is 0 Å². The highest BCUT2D eigenvalue weighted by Crippen LogP contribution is 2.31. The molecule has 0 aliphatic carbocycles. The van der Waals surface area contributed by atoms with Gasteiger partial charge in [0.1, 0.15) is 6.04 Å². The van der Waals surface area contributed by atoms with E-state index in [2.05, 4.69) is 33.9 Å². The Morgan fingerprint density at radius 1 is 0.943 bits per heavy atom. The summed E-state index contributed by atoms with van der Waals surface area (Å²) in [7, 11) is -4.01. The topological polar surface area (TPSA) is 86.7 Å². The van der Waals surface area contributed by atoms with Crippen LogP contribution in [0.4, 0.5) is 5.69 Å². The summed E-state index contributed by atoms with van der Waals surface area (Å²) in [6.07, 6.45) is 2.58. The molecule has 0 bridgehead atoms. The third kappa shape index (κ3) is 5.92. The second-order valence-corrected chi connectivity index (χ2v) is 10.7. The lowest BCUT2D eigenvalue weighted by atomic mass is 9.89. The number of nitrogens with zero attached hydrogens (tertiary/aromatic N) is 1. The maximum absolute atomic E-state index is 13.1. The molecule has 0 amide bonds. The van der Waals surface area contributed by atoms with Crippen LogP contribution in [-0.4, -0.2) is 38.6 Å². The second-order valence-electron chi connectivity index (χ2n) is 9.03. The van der Waals surface area contributed by atoms with Crippen LogP contribution >= 0.6 is 0 Å². The summed E-state index contributed by atoms with van der Waals surface area (Å²) in [5.74, 6) is -1.13. The Kier molecular flexibility index (Phi) is 7.88. The zero-order valence-corrected chi connectivity index (χ0v) is 20.7. The molecule has 184 valence electrons. The maximum atomic E-state index is 13.1. The molecule has 7 heteroatoms. The number of carboxylic acids is 1. The third-order valence-electron chi connectivity index (χ3n) is 6.90. The molecule has 0 spiro atoms. The number of carbonyl (C=O) groups is 1. The fourth-order valence-electron chi connectivity index (χ4n) is 4.94. The Hall–Kier alpha value is -3.16. The van der Waals surface area contributed by atoms with Crippen LogP contribution in [0.25, 0.3) is 0 Å². The van der Waals surface area contributed by atoms with Crippen LogP contribution in [0, 0.1) is 0 Å². The van der Waals surface area contributed by atoms with Gasteiger partial charge in [0.05, 0.1) is 4.90 Å². The highest BCUT2D eigenvalue weighted by molar-refractivity contribution is 7.89. The summed E-state index contributed by atoms with van der Waals surface area (Å²) in [5, 5.41) is 9.83. The van der Waals surface area contributed by atoms with Gasteiger partial charge in [0, 0.05) is 24.7 Å². The molecule has 1 saturated heterocycles. The molecule has 3 aromatic carbocycles. The molecule has 1 fully saturated rings. The quantitative estimate of drug-likeness (QED) is 0.439. The summed E-state index contributed by atoms with van der Waals surface area (Å²) in [4.78, 5) is 14.4. The van der Waals surface area contributed by atoms with E-state index >= 15 is 0 Å². The van der Waals surface area contributed by atoms with Crippen molar-refractivity contribution >= 4 is 21.7 Å². The van der Waals surface area contributed by atoms with Gasteiger partial charge in [-0.25, -0.2) is 8.42 Å². The molecule has 1 unspecified atom stereocenters. The fourth-order valence-corrected chi connectivity index (χ4v) is 6.17. The van der Waals surface area contributed by atoms with Gasteiger partial charge >= 0.3 is 5.97 Å². The number of rotatable bonds is 9. The number of piperidine rings is 1. The number of sulfonamides is 1. The second kappa shape index (κ2) is 11.1. The van der Waals surface area contributed by atoms with E-state index in [1.807, 2.05) is 55.5 Å². The molecule has 1 aliphatic heterocycles. The van der Waals surface area contributed by atoms with Gasteiger partial charge in [-0.15, -0.1) is 0 Å². The first-order valence-electron chi connectivity index (χ1n) is 12.1. The van der Waals surface area contributed by atoms with E-state index in [-0.39, 0.29) is 4.90 Å². The smallest absolute Gasteiger partial charge is 0.322 e. The van der Waals surface area contributed by atoms with Crippen LogP contribution < -0.4 is 9.62 Å². The first-order valence-corrected chi connectivity index (χ1v) is 13.6. The summed E-state index contributed by atoms with van der Waals surface area (Å²) < 4.78 is 28.6. The standard InChI is InChI=1S/C28H32N2O4S/c1-2-26(23-11-7-4-8-12-23)27(28(31)32)29-35(33,34)25-15-13-24(14-16-25)30-19-17-22(18-20-30)21-9-5-3-6-10-21/h3-16,22,26-27,29H,2,17-20H2,1H3,(H,31,32)/t26?,27-/m1/s1. The van der Waals surface area contributed by atoms with Crippen molar-refractivity contribution in [3.05, 3.63) is 96.1 Å². The van der Waals surface area contributed by atoms with Gasteiger partial charge < -0.3 is 10.0 Å². The summed E-state index contributed by atoms with van der Waals surface area (Å²) in [6, 6.07) is 25.2. The van der Waals surface area contributed by atoms with Gasteiger partial charge in [0.2, 0.25) is 10.0 Å². The molecule has 6 nitrogen and oxygen atoms in total. The van der Waals surface area contributed by atoms with E-state index in [4.69, 9.17) is 0 Å². The molecule has 0 aromatic heterocycles. The number of anilines is 1. The number of nitrogens with one attached hydrogen (secondary N) is 1. The van der Waals surface area contributed by atoms with Crippen LogP contribution in [0.3, 0.4) is 0 Å². The zero-order valence-electron chi connectivity index (χ0n) is 19.9. The molecule has 4 rings (SSSR count). The Bertz CT molecular complexity index is 1210. The van der Waals surface area contributed by atoms with E-state index in [1.165, 1.54) is 5.56 Å². The van der Waals surface area contributed by atoms with Gasteiger partial charge in [-0.05, 0) is 60.6 Å². The van der Waals surface area contributed by atoms with Crippen LogP contribution in [0.5, 0.6) is 0 Å². The average Bonchev–Trinajstić information content (AvgIpc) is 2.90. The molecule has 3 aromatic rings. The van der Waals surface area contributed by atoms with Crippen LogP contribution in [0.1, 0.15) is 49.1 Å². The van der Waals surface area contributed by atoms with E-state index in [1.54, 1.807) is 12.1 Å². The zero-order chi connectivity index (χ0) is 24.8. The lowest BCUT2D eigenvalue weighted by molar-refractivity contribution is -0.139. The summed E-state index contributed by atoms with van der Waals surface area (Å²) in [6.45, 7) is 3.66. The Morgan fingerprint density at radius 2 is 1.51 bits per heavy atom. The first-order chi connectivity index (χ1) is 16.9. The predicted octanol–water partition coefficient (Wildman–Crippen LogP) is 5.00. The summed E-state index contributed by atoms with van der Waals surface area (Å²) in [5.41, 5.74) is 3.13. The number of hydrogen-bond donors (Lipinski definition) is 2. The first kappa shape index (κ1) is 24.9. The van der Waals surface area contributed by atoms with E-state index < -0.39 is 28.0 Å². The minimum Gasteiger partial charge on any atom is -0.480 e. The Morgan fingerprint density at radius 3 is 2.06 bits per heavy atom. The van der Waals surface area contributed by atoms with Crippen molar-refractivity contribution in [3.63, 3.8) is 0 Å². The minimum absolute atomic E-state index is 0.0644. The van der Waals surface area contributed by atoms with Crippen molar-refractivity contribution in [3.8, 4) is 0 Å². The monoisotopic (exact) mass is 492 g/mol. The normalized spacial score (nSPS) is 16.5. The van der Waals surface area contributed by atoms with Gasteiger partial charge in [-0.3, -0.25) is 4.79 Å². The van der Waals surface area contributed by atoms with Gasteiger partial charge in [0.15, 0.2) is 0 Å². The Labute approximate surface area is 207 Å². The molecule has 2 atom stereocenters. The van der Waals surface area contributed by atoms with Crippen molar-refractivity contribution in [2.75, 3.05) is 18.0 Å². The third-order valence-corrected chi connectivity index (χ3v) is 8.35. The number of hydrogen-bond acceptors (Lipinski definition) is 4. The molecule has 0 saturated carbocycles. The van der Waals surface area contributed by atoms with Crippen LogP contribution in [-0.2, 0) is 14.8 Å². The van der Waals surface area contributed by atoms with E-state index in [0.717, 1.165) is 37.2 Å². The highest BCUT2D eigenvalue weighted by Gasteiger charge is 2.33. The fraction of sp³-hybridized carbons (Fsp3) is 0.321. The van der Waals surface area contributed by atoms with Crippen molar-refractivity contribution in [2.45, 2.75) is 49.0 Å². The van der Waals surface area contributed by atoms with Gasteiger partial charge in [-0.2, -0.15) is 4.72 Å². The lowest BCUT2D eigenvalue weighted by Gasteiger charge is -2.34. The molecular formula is C28H32N2O4S. The van der Waals surface area contributed by atoms with Crippen molar-refractivity contribution in [1.82, 2.24) is 4.72 Å². The average molecular weight is 493 g/mol. The molecule has 1 aliphatic rings. The summed E-state index contributed by atoms with van der Waals surface area (Å²) >= 11 is 0. The van der Waals surface area contributed by atoms with Gasteiger partial charge in [0.25, 0.3) is 0 Å². The van der Waals surface area contributed by atoms with Crippen LogP contribution in [0.2, 0.25) is 0 Å². The SMILES string of the molecule is CCC(c1ccccc1)[C@@H](NS(=O)(=O)c1ccc(N2CCC(c3ccccc3)CC2)cc1)C(=O)O. The number of benzene rings is 3. The van der Waals surface area contributed by atoms with Crippen LogP contribution in [0.15, 0.2) is 89.8 Å². The number of aliphatic carboxylic acids is 1. The lowest BCUT2D eigenvalue weighted by Crippen LogP contribution is -2.44. The molecule has 0 radical (unpaired) electrons. The van der Waals surface area contributed by atoms with Crippen molar-refractivity contribution in [1.29, 1.82) is 0 Å². The number of carboxylic acid groups (broad SMARTS) is 1. The van der Waals surface area contributed by atoms with Gasteiger partial charge in [-0.1, -0.05) is 67.6 Å². The van der Waals surface area contributed by atoms with E-state index in [0.29, 0.717) is 12.3 Å². The molecule has 2 N–H and O–H groups in total.